The summed E-state index contributed by atoms with van der Waals surface area (Å²) >= 11 is 0. The summed E-state index contributed by atoms with van der Waals surface area (Å²) in [5.74, 6) is 2.00. The molecular formula is C6H11P. The van der Waals surface area contributed by atoms with Crippen molar-refractivity contribution in [1.82, 2.24) is 0 Å². The lowest BCUT2D eigenvalue weighted by molar-refractivity contribution is 1.77. The van der Waals surface area contributed by atoms with Gasteiger partial charge in [-0.3, -0.25) is 0 Å². The van der Waals surface area contributed by atoms with E-state index in [-0.39, 0.29) is 7.92 Å². The first kappa shape index (κ1) is 6.91. The normalized spacial score (nSPS) is 12.7. The fourth-order valence-electron chi connectivity index (χ4n) is 0.278. The minimum absolute atomic E-state index is 0.0674. The summed E-state index contributed by atoms with van der Waals surface area (Å²) in [7, 11) is 0.0674. The number of hydrogen-bond acceptors (Lipinski definition) is 0. The van der Waals surface area contributed by atoms with E-state index in [0.29, 0.717) is 0 Å². The molecule has 0 aromatic carbocycles. The van der Waals surface area contributed by atoms with E-state index < -0.39 is 0 Å². The van der Waals surface area contributed by atoms with Crippen LogP contribution in [0, 0.1) is 0 Å². The van der Waals surface area contributed by atoms with Crippen molar-refractivity contribution in [1.29, 1.82) is 0 Å². The zero-order valence-electron chi connectivity index (χ0n) is 4.72. The Labute approximate surface area is 46.7 Å². The first-order valence-corrected chi connectivity index (χ1v) is 4.29. The largest absolute Gasteiger partial charge is 0.103 e. The van der Waals surface area contributed by atoms with Gasteiger partial charge < -0.3 is 0 Å². The zero-order valence-corrected chi connectivity index (χ0v) is 5.62. The van der Waals surface area contributed by atoms with E-state index in [0.717, 1.165) is 6.16 Å². The fraction of sp³-hybridized carbons (Fsp3) is 0.333. The van der Waals surface area contributed by atoms with Crippen molar-refractivity contribution in [2.24, 2.45) is 0 Å². The lowest BCUT2D eigenvalue weighted by Crippen LogP contribution is -1.67. The Balaban J connectivity index is 3.15. The van der Waals surface area contributed by atoms with Gasteiger partial charge in [-0.15, -0.1) is 6.58 Å². The van der Waals surface area contributed by atoms with Gasteiger partial charge in [0.2, 0.25) is 0 Å². The Morgan fingerprint density at radius 2 is 2.14 bits per heavy atom. The van der Waals surface area contributed by atoms with E-state index in [1.165, 1.54) is 0 Å². The van der Waals surface area contributed by atoms with Gasteiger partial charge in [-0.2, -0.15) is 0 Å². The van der Waals surface area contributed by atoms with Gasteiger partial charge >= 0.3 is 0 Å². The molecule has 0 saturated heterocycles. The fourth-order valence-corrected chi connectivity index (χ4v) is 0.835. The van der Waals surface area contributed by atoms with Crippen molar-refractivity contribution in [2.75, 3.05) is 12.8 Å². The molecule has 0 aliphatic carbocycles. The SMILES string of the molecule is C=CCP(C)C=C. The third-order valence-corrected chi connectivity index (χ3v) is 2.19. The lowest BCUT2D eigenvalue weighted by Gasteiger charge is -1.96. The van der Waals surface area contributed by atoms with Gasteiger partial charge in [-0.05, 0) is 12.8 Å². The van der Waals surface area contributed by atoms with Crippen LogP contribution in [0.15, 0.2) is 25.1 Å². The quantitative estimate of drug-likeness (QED) is 0.390. The molecule has 0 aromatic rings. The van der Waals surface area contributed by atoms with Crippen LogP contribution >= 0.6 is 7.92 Å². The van der Waals surface area contributed by atoms with Crippen molar-refractivity contribution in [3.63, 3.8) is 0 Å². The molecule has 0 saturated carbocycles. The molecule has 40 valence electrons. The van der Waals surface area contributed by atoms with Crippen LogP contribution in [0.1, 0.15) is 0 Å². The van der Waals surface area contributed by atoms with Crippen molar-refractivity contribution in [2.45, 2.75) is 0 Å². The standard InChI is InChI=1S/C6H11P/c1-4-6-7(3)5-2/h4-5H,1-2,6H2,3H3. The van der Waals surface area contributed by atoms with Crippen molar-refractivity contribution < 1.29 is 0 Å². The second-order valence-corrected chi connectivity index (χ2v) is 3.66. The first-order valence-electron chi connectivity index (χ1n) is 2.25. The number of rotatable bonds is 3. The minimum atomic E-state index is 0.0674. The molecule has 0 spiro atoms. The molecule has 0 amide bonds. The molecule has 0 aliphatic rings. The molecule has 0 nitrogen and oxygen atoms in total. The third kappa shape index (κ3) is 3.75. The van der Waals surface area contributed by atoms with Crippen LogP contribution in [-0.4, -0.2) is 12.8 Å². The van der Waals surface area contributed by atoms with Crippen LogP contribution in [0.2, 0.25) is 0 Å². The van der Waals surface area contributed by atoms with Gasteiger partial charge in [-0.1, -0.05) is 26.4 Å². The summed E-state index contributed by atoms with van der Waals surface area (Å²) in [4.78, 5) is 0. The van der Waals surface area contributed by atoms with Gasteiger partial charge in [0.15, 0.2) is 0 Å². The molecule has 0 radical (unpaired) electrons. The molecule has 0 fully saturated rings. The maximum Gasteiger partial charge on any atom is -0.0115 e. The van der Waals surface area contributed by atoms with E-state index in [9.17, 15) is 0 Å². The highest BCUT2D eigenvalue weighted by atomic mass is 31.1. The topological polar surface area (TPSA) is 0 Å². The molecule has 1 atom stereocenters. The van der Waals surface area contributed by atoms with Crippen LogP contribution in [0.25, 0.3) is 0 Å². The molecule has 1 unspecified atom stereocenters. The predicted molar refractivity (Wildman–Crippen MR) is 38.1 cm³/mol. The van der Waals surface area contributed by atoms with Crippen molar-refractivity contribution in [3.05, 3.63) is 25.1 Å². The zero-order chi connectivity index (χ0) is 5.70. The van der Waals surface area contributed by atoms with Crippen LogP contribution < -0.4 is 0 Å². The number of hydrogen-bond donors (Lipinski definition) is 0. The molecule has 0 rings (SSSR count). The highest BCUT2D eigenvalue weighted by molar-refractivity contribution is 7.60. The number of allylic oxidation sites excluding steroid dienone is 1. The van der Waals surface area contributed by atoms with E-state index >= 15 is 0 Å². The van der Waals surface area contributed by atoms with Crippen LogP contribution in [0.4, 0.5) is 0 Å². The van der Waals surface area contributed by atoms with Crippen molar-refractivity contribution in [3.8, 4) is 0 Å². The lowest BCUT2D eigenvalue weighted by atomic mass is 10.8. The van der Waals surface area contributed by atoms with Gasteiger partial charge in [-0.25, -0.2) is 0 Å². The van der Waals surface area contributed by atoms with E-state index in [1.807, 2.05) is 11.9 Å². The summed E-state index contributed by atoms with van der Waals surface area (Å²) < 4.78 is 0. The van der Waals surface area contributed by atoms with E-state index in [2.05, 4.69) is 19.8 Å². The molecule has 0 N–H and O–H groups in total. The summed E-state index contributed by atoms with van der Waals surface area (Å²) in [6, 6.07) is 0. The van der Waals surface area contributed by atoms with Crippen LogP contribution in [0.5, 0.6) is 0 Å². The van der Waals surface area contributed by atoms with Gasteiger partial charge in [0.05, 0.1) is 0 Å². The molecule has 0 heterocycles. The molecule has 1 heteroatoms. The average Bonchev–Trinajstić information content (AvgIpc) is 1.68. The maximum atomic E-state index is 3.66. The van der Waals surface area contributed by atoms with Crippen molar-refractivity contribution >= 4 is 7.92 Å². The summed E-state index contributed by atoms with van der Waals surface area (Å²) in [5, 5.41) is 0. The highest BCUT2D eigenvalue weighted by Crippen LogP contribution is 2.30. The average molecular weight is 114 g/mol. The Morgan fingerprint density at radius 1 is 1.57 bits per heavy atom. The molecular weight excluding hydrogens is 103 g/mol. The smallest absolute Gasteiger partial charge is 0.0115 e. The van der Waals surface area contributed by atoms with Gasteiger partial charge in [0, 0.05) is 0 Å². The van der Waals surface area contributed by atoms with E-state index in [1.54, 1.807) is 0 Å². The Morgan fingerprint density at radius 3 is 2.29 bits per heavy atom. The molecule has 0 bridgehead atoms. The molecule has 0 aromatic heterocycles. The summed E-state index contributed by atoms with van der Waals surface area (Å²) in [6.45, 7) is 9.46. The third-order valence-electron chi connectivity index (χ3n) is 0.729. The Hall–Kier alpha value is -0.0900. The highest BCUT2D eigenvalue weighted by Gasteiger charge is 1.85. The maximum absolute atomic E-state index is 3.66. The first-order chi connectivity index (χ1) is 3.31. The molecule has 7 heavy (non-hydrogen) atoms. The van der Waals surface area contributed by atoms with Gasteiger partial charge in [0.25, 0.3) is 0 Å². The van der Waals surface area contributed by atoms with Crippen LogP contribution in [0.3, 0.4) is 0 Å². The minimum Gasteiger partial charge on any atom is -0.103 e. The summed E-state index contributed by atoms with van der Waals surface area (Å²) in [5.41, 5.74) is 0. The molecule has 0 aliphatic heterocycles. The Kier molecular flexibility index (Phi) is 4.03. The monoisotopic (exact) mass is 114 g/mol. The Bertz CT molecular complexity index is 66.6. The second-order valence-electron chi connectivity index (χ2n) is 1.41. The predicted octanol–water partition coefficient (Wildman–Crippen LogP) is 2.43. The van der Waals surface area contributed by atoms with E-state index in [4.69, 9.17) is 0 Å². The van der Waals surface area contributed by atoms with Gasteiger partial charge in [0.1, 0.15) is 0 Å². The second kappa shape index (κ2) is 4.08. The van der Waals surface area contributed by atoms with Crippen LogP contribution in [-0.2, 0) is 0 Å². The summed E-state index contributed by atoms with van der Waals surface area (Å²) in [6.07, 6.45) is 3.05.